The van der Waals surface area contributed by atoms with Crippen molar-refractivity contribution in [2.45, 2.75) is 51.4 Å². The first-order valence-corrected chi connectivity index (χ1v) is 7.30. The monoisotopic (exact) mass is 275 g/mol. The molecule has 0 atom stereocenters. The second-order valence-corrected chi connectivity index (χ2v) is 5.17. The Balaban J connectivity index is 2.02. The van der Waals surface area contributed by atoms with E-state index >= 15 is 0 Å². The van der Waals surface area contributed by atoms with Gasteiger partial charge in [-0.15, -0.1) is 0 Å². The summed E-state index contributed by atoms with van der Waals surface area (Å²) in [5.41, 5.74) is 0. The summed E-state index contributed by atoms with van der Waals surface area (Å²) in [6, 6.07) is 0. The molecule has 0 aromatic heterocycles. The van der Waals surface area contributed by atoms with E-state index in [1.165, 1.54) is 32.1 Å². The van der Waals surface area contributed by atoms with Gasteiger partial charge in [0, 0.05) is 17.8 Å². The molecule has 1 amide bonds. The van der Waals surface area contributed by atoms with Crippen molar-refractivity contribution in [1.29, 1.82) is 0 Å². The molecule has 3 heteroatoms. The summed E-state index contributed by atoms with van der Waals surface area (Å²) >= 11 is 3.41. The average molecular weight is 276 g/mol. The van der Waals surface area contributed by atoms with Crippen LogP contribution in [0.4, 0.5) is 0 Å². The third-order valence-corrected chi connectivity index (χ3v) is 3.65. The number of nitrogens with one attached hydrogen (secondary N) is 1. The predicted molar refractivity (Wildman–Crippen MR) is 67.2 cm³/mol. The van der Waals surface area contributed by atoms with Crippen molar-refractivity contribution < 1.29 is 4.79 Å². The van der Waals surface area contributed by atoms with Crippen LogP contribution in [0.3, 0.4) is 0 Å². The van der Waals surface area contributed by atoms with Crippen LogP contribution in [0.15, 0.2) is 0 Å². The molecule has 2 nitrogen and oxygen atoms in total. The number of carbonyl (C=O) groups excluding carboxylic acids is 1. The topological polar surface area (TPSA) is 29.1 Å². The number of rotatable bonds is 6. The van der Waals surface area contributed by atoms with E-state index in [2.05, 4.69) is 21.2 Å². The highest BCUT2D eigenvalue weighted by Crippen LogP contribution is 2.23. The lowest BCUT2D eigenvalue weighted by Gasteiger charge is -2.20. The number of hydrogen-bond acceptors (Lipinski definition) is 1. The summed E-state index contributed by atoms with van der Waals surface area (Å²) in [5, 5.41) is 4.13. The molecule has 0 spiro atoms. The zero-order valence-electron chi connectivity index (χ0n) is 9.43. The minimum absolute atomic E-state index is 0.300. The van der Waals surface area contributed by atoms with Crippen molar-refractivity contribution in [3.8, 4) is 0 Å². The first-order chi connectivity index (χ1) is 7.34. The SMILES string of the molecule is O=C(NCCCCCBr)C1CCCCC1. The molecule has 1 aliphatic carbocycles. The van der Waals surface area contributed by atoms with E-state index in [0.717, 1.165) is 31.1 Å². The van der Waals surface area contributed by atoms with Gasteiger partial charge in [0.15, 0.2) is 0 Å². The van der Waals surface area contributed by atoms with E-state index < -0.39 is 0 Å². The van der Waals surface area contributed by atoms with Gasteiger partial charge in [0.1, 0.15) is 0 Å². The molecule has 0 bridgehead atoms. The third kappa shape index (κ3) is 5.55. The van der Waals surface area contributed by atoms with Crippen LogP contribution in [0.5, 0.6) is 0 Å². The maximum atomic E-state index is 11.7. The molecule has 0 unspecified atom stereocenters. The fourth-order valence-corrected chi connectivity index (χ4v) is 2.51. The highest BCUT2D eigenvalue weighted by molar-refractivity contribution is 9.09. The van der Waals surface area contributed by atoms with Gasteiger partial charge in [-0.1, -0.05) is 41.6 Å². The lowest BCUT2D eigenvalue weighted by Crippen LogP contribution is -2.32. The number of hydrogen-bond donors (Lipinski definition) is 1. The molecular weight excluding hydrogens is 254 g/mol. The highest BCUT2D eigenvalue weighted by atomic mass is 79.9. The number of halogens is 1. The van der Waals surface area contributed by atoms with Gasteiger partial charge >= 0.3 is 0 Å². The van der Waals surface area contributed by atoms with Gasteiger partial charge < -0.3 is 5.32 Å². The average Bonchev–Trinajstić information content (AvgIpc) is 2.30. The summed E-state index contributed by atoms with van der Waals surface area (Å²) in [6.45, 7) is 0.863. The van der Waals surface area contributed by atoms with Gasteiger partial charge in [0.25, 0.3) is 0 Å². The van der Waals surface area contributed by atoms with E-state index in [0.29, 0.717) is 11.8 Å². The lowest BCUT2D eigenvalue weighted by molar-refractivity contribution is -0.125. The van der Waals surface area contributed by atoms with Crippen LogP contribution in [-0.4, -0.2) is 17.8 Å². The van der Waals surface area contributed by atoms with Crippen LogP contribution in [-0.2, 0) is 4.79 Å². The molecular formula is C12H22BrNO. The Bertz CT molecular complexity index is 178. The van der Waals surface area contributed by atoms with Crippen molar-refractivity contribution in [2.24, 2.45) is 5.92 Å². The van der Waals surface area contributed by atoms with E-state index in [1.54, 1.807) is 0 Å². The van der Waals surface area contributed by atoms with E-state index in [-0.39, 0.29) is 0 Å². The van der Waals surface area contributed by atoms with Crippen molar-refractivity contribution in [2.75, 3.05) is 11.9 Å². The fraction of sp³-hybridized carbons (Fsp3) is 0.917. The summed E-state index contributed by atoms with van der Waals surface area (Å²) in [6.07, 6.45) is 9.53. The van der Waals surface area contributed by atoms with Crippen LogP contribution >= 0.6 is 15.9 Å². The van der Waals surface area contributed by atoms with Gasteiger partial charge in [-0.05, 0) is 25.7 Å². The van der Waals surface area contributed by atoms with E-state index in [9.17, 15) is 4.79 Å². The van der Waals surface area contributed by atoms with Gasteiger partial charge in [-0.25, -0.2) is 0 Å². The molecule has 0 aromatic carbocycles. The largest absolute Gasteiger partial charge is 0.356 e. The Kier molecular flexibility index (Phi) is 7.07. The third-order valence-electron chi connectivity index (χ3n) is 3.09. The predicted octanol–water partition coefficient (Wildman–Crippen LogP) is 3.25. The molecule has 0 aliphatic heterocycles. The van der Waals surface area contributed by atoms with Crippen molar-refractivity contribution >= 4 is 21.8 Å². The summed E-state index contributed by atoms with van der Waals surface area (Å²) in [4.78, 5) is 11.7. The molecule has 0 radical (unpaired) electrons. The fourth-order valence-electron chi connectivity index (χ4n) is 2.12. The summed E-state index contributed by atoms with van der Waals surface area (Å²) < 4.78 is 0. The van der Waals surface area contributed by atoms with Gasteiger partial charge in [-0.3, -0.25) is 4.79 Å². The maximum Gasteiger partial charge on any atom is 0.223 e. The lowest BCUT2D eigenvalue weighted by atomic mass is 9.89. The smallest absolute Gasteiger partial charge is 0.223 e. The second-order valence-electron chi connectivity index (χ2n) is 4.38. The summed E-state index contributed by atoms with van der Waals surface area (Å²) in [5.74, 6) is 0.614. The quantitative estimate of drug-likeness (QED) is 0.585. The van der Waals surface area contributed by atoms with Crippen molar-refractivity contribution in [1.82, 2.24) is 5.32 Å². The van der Waals surface area contributed by atoms with E-state index in [1.807, 2.05) is 0 Å². The summed E-state index contributed by atoms with van der Waals surface area (Å²) in [7, 11) is 0. The van der Waals surface area contributed by atoms with Crippen molar-refractivity contribution in [3.05, 3.63) is 0 Å². The molecule has 88 valence electrons. The Morgan fingerprint density at radius 2 is 1.87 bits per heavy atom. The van der Waals surface area contributed by atoms with Gasteiger partial charge in [-0.2, -0.15) is 0 Å². The van der Waals surface area contributed by atoms with Crippen LogP contribution < -0.4 is 5.32 Å². The van der Waals surface area contributed by atoms with Crippen LogP contribution in [0.1, 0.15) is 51.4 Å². The maximum absolute atomic E-state index is 11.7. The normalized spacial score (nSPS) is 17.7. The molecule has 1 fully saturated rings. The molecule has 1 rings (SSSR count). The van der Waals surface area contributed by atoms with Crippen molar-refractivity contribution in [3.63, 3.8) is 0 Å². The van der Waals surface area contributed by atoms with Crippen LogP contribution in [0.25, 0.3) is 0 Å². The Morgan fingerprint density at radius 1 is 1.13 bits per heavy atom. The Labute approximate surface area is 101 Å². The zero-order chi connectivity index (χ0) is 10.9. The van der Waals surface area contributed by atoms with Crippen LogP contribution in [0, 0.1) is 5.92 Å². The first kappa shape index (κ1) is 13.0. The zero-order valence-corrected chi connectivity index (χ0v) is 11.0. The Hall–Kier alpha value is -0.0500. The molecule has 15 heavy (non-hydrogen) atoms. The molecule has 0 saturated heterocycles. The molecule has 1 aliphatic rings. The van der Waals surface area contributed by atoms with Crippen LogP contribution in [0.2, 0.25) is 0 Å². The number of unbranched alkanes of at least 4 members (excludes halogenated alkanes) is 2. The standard InChI is InChI=1S/C12H22BrNO/c13-9-5-2-6-10-14-12(15)11-7-3-1-4-8-11/h11H,1-10H2,(H,14,15). The highest BCUT2D eigenvalue weighted by Gasteiger charge is 2.20. The second kappa shape index (κ2) is 8.14. The molecule has 1 N–H and O–H groups in total. The number of carbonyl (C=O) groups is 1. The number of amides is 1. The minimum atomic E-state index is 0.300. The number of alkyl halides is 1. The molecule has 0 heterocycles. The molecule has 1 saturated carbocycles. The first-order valence-electron chi connectivity index (χ1n) is 6.18. The minimum Gasteiger partial charge on any atom is -0.356 e. The van der Waals surface area contributed by atoms with Gasteiger partial charge in [0.2, 0.25) is 5.91 Å². The van der Waals surface area contributed by atoms with Gasteiger partial charge in [0.05, 0.1) is 0 Å². The Morgan fingerprint density at radius 3 is 2.53 bits per heavy atom. The molecule has 0 aromatic rings. The van der Waals surface area contributed by atoms with E-state index in [4.69, 9.17) is 0 Å².